The quantitative estimate of drug-likeness (QED) is 0.595. The Hall–Kier alpha value is -2.64. The molecular formula is C25H30N2O4S. The van der Waals surface area contributed by atoms with E-state index in [1.165, 1.54) is 0 Å². The highest BCUT2D eigenvalue weighted by Crippen LogP contribution is 2.31. The molecule has 2 heterocycles. The highest BCUT2D eigenvalue weighted by molar-refractivity contribution is 7.89. The van der Waals surface area contributed by atoms with Crippen LogP contribution in [0.3, 0.4) is 0 Å². The molecule has 1 N–H and O–H groups in total. The van der Waals surface area contributed by atoms with Crippen molar-refractivity contribution < 1.29 is 17.6 Å². The monoisotopic (exact) mass is 454 g/mol. The predicted molar refractivity (Wildman–Crippen MR) is 125 cm³/mol. The molecule has 0 spiro atoms. The molecule has 3 atom stereocenters. The summed E-state index contributed by atoms with van der Waals surface area (Å²) in [7, 11) is -3.61. The van der Waals surface area contributed by atoms with E-state index in [-0.39, 0.29) is 22.6 Å². The molecule has 6 nitrogen and oxygen atoms in total. The van der Waals surface area contributed by atoms with Gasteiger partial charge >= 0.3 is 0 Å². The van der Waals surface area contributed by atoms with Crippen LogP contribution in [-0.4, -0.2) is 31.7 Å². The Morgan fingerprint density at radius 2 is 1.75 bits per heavy atom. The maximum atomic E-state index is 13.3. The largest absolute Gasteiger partial charge is 0.451 e. The molecule has 1 aliphatic heterocycles. The fourth-order valence-electron chi connectivity index (χ4n) is 4.62. The molecule has 1 amide bonds. The van der Waals surface area contributed by atoms with E-state index in [1.807, 2.05) is 37.3 Å². The Morgan fingerprint density at radius 3 is 2.41 bits per heavy atom. The zero-order valence-electron chi connectivity index (χ0n) is 19.0. The van der Waals surface area contributed by atoms with Crippen LogP contribution in [0.15, 0.2) is 57.8 Å². The summed E-state index contributed by atoms with van der Waals surface area (Å²) in [4.78, 5) is 13.1. The molecule has 1 aliphatic rings. The summed E-state index contributed by atoms with van der Waals surface area (Å²) in [5, 5.41) is 3.60. The van der Waals surface area contributed by atoms with Crippen molar-refractivity contribution in [2.45, 2.75) is 45.1 Å². The minimum Gasteiger partial charge on any atom is -0.451 e. The Morgan fingerprint density at radius 1 is 1.09 bits per heavy atom. The van der Waals surface area contributed by atoms with Crippen molar-refractivity contribution in [2.24, 2.45) is 11.8 Å². The van der Waals surface area contributed by atoms with Gasteiger partial charge in [-0.3, -0.25) is 4.79 Å². The first-order valence-corrected chi connectivity index (χ1v) is 12.5. The number of hydrogen-bond donors (Lipinski definition) is 1. The van der Waals surface area contributed by atoms with Gasteiger partial charge in [-0.2, -0.15) is 4.31 Å². The molecule has 1 fully saturated rings. The summed E-state index contributed by atoms with van der Waals surface area (Å²) < 4.78 is 34.0. The standard InChI is InChI=1S/C25H30N2O4S/c1-16-12-17(2)15-27(14-16)32(29,30)21-10-11-23-22(13-21)18(3)24(31-23)25(28)26-19(4)20-8-6-5-7-9-20/h5-11,13,16-17,19H,12,14-15H2,1-4H3,(H,26,28). The van der Waals surface area contributed by atoms with Crippen molar-refractivity contribution in [3.05, 3.63) is 65.4 Å². The van der Waals surface area contributed by atoms with E-state index in [4.69, 9.17) is 4.42 Å². The van der Waals surface area contributed by atoms with Gasteiger partial charge in [0.15, 0.2) is 5.76 Å². The number of piperidine rings is 1. The molecule has 4 rings (SSSR count). The molecule has 0 radical (unpaired) electrons. The highest BCUT2D eigenvalue weighted by Gasteiger charge is 2.32. The lowest BCUT2D eigenvalue weighted by molar-refractivity contribution is 0.0913. The number of hydrogen-bond acceptors (Lipinski definition) is 4. The molecule has 2 aromatic carbocycles. The number of carbonyl (C=O) groups is 1. The third kappa shape index (κ3) is 4.32. The van der Waals surface area contributed by atoms with E-state index in [9.17, 15) is 13.2 Å². The van der Waals surface area contributed by atoms with Crippen molar-refractivity contribution >= 4 is 26.9 Å². The van der Waals surface area contributed by atoms with E-state index in [0.717, 1.165) is 12.0 Å². The molecule has 1 saturated heterocycles. The molecule has 1 aromatic heterocycles. The number of sulfonamides is 1. The van der Waals surface area contributed by atoms with Crippen LogP contribution in [0.5, 0.6) is 0 Å². The SMILES string of the molecule is Cc1c(C(=O)NC(C)c2ccccc2)oc2ccc(S(=O)(=O)N3CC(C)CC(C)C3)cc12. The Kier molecular flexibility index (Phi) is 6.14. The maximum Gasteiger partial charge on any atom is 0.287 e. The van der Waals surface area contributed by atoms with Crippen LogP contribution >= 0.6 is 0 Å². The minimum absolute atomic E-state index is 0.185. The van der Waals surface area contributed by atoms with Gasteiger partial charge in [0.25, 0.3) is 5.91 Å². The first-order valence-electron chi connectivity index (χ1n) is 11.1. The summed E-state index contributed by atoms with van der Waals surface area (Å²) >= 11 is 0. The number of nitrogens with one attached hydrogen (secondary N) is 1. The third-order valence-electron chi connectivity index (χ3n) is 6.23. The van der Waals surface area contributed by atoms with Gasteiger partial charge in [0, 0.05) is 24.0 Å². The van der Waals surface area contributed by atoms with Crippen LogP contribution in [-0.2, 0) is 10.0 Å². The lowest BCUT2D eigenvalue weighted by Gasteiger charge is -2.34. The minimum atomic E-state index is -3.61. The molecule has 3 aromatic rings. The first kappa shape index (κ1) is 22.6. The Bertz CT molecular complexity index is 1220. The van der Waals surface area contributed by atoms with Gasteiger partial charge in [-0.05, 0) is 55.9 Å². The average Bonchev–Trinajstić information content (AvgIpc) is 3.09. The number of fused-ring (bicyclic) bond motifs is 1. The number of amides is 1. The predicted octanol–water partition coefficient (Wildman–Crippen LogP) is 4.90. The lowest BCUT2D eigenvalue weighted by Crippen LogP contribution is -2.42. The molecule has 0 aliphatic carbocycles. The van der Waals surface area contributed by atoms with E-state index >= 15 is 0 Å². The number of rotatable bonds is 5. The van der Waals surface area contributed by atoms with Crippen LogP contribution < -0.4 is 5.32 Å². The number of aryl methyl sites for hydroxylation is 1. The second-order valence-corrected chi connectivity index (χ2v) is 11.0. The Labute approximate surface area is 189 Å². The van der Waals surface area contributed by atoms with Gasteiger partial charge in [0.2, 0.25) is 10.0 Å². The van der Waals surface area contributed by atoms with Crippen LogP contribution in [0.25, 0.3) is 11.0 Å². The highest BCUT2D eigenvalue weighted by atomic mass is 32.2. The molecule has 3 unspecified atom stereocenters. The van der Waals surface area contributed by atoms with E-state index in [1.54, 1.807) is 29.4 Å². The topological polar surface area (TPSA) is 79.6 Å². The molecule has 170 valence electrons. The second kappa shape index (κ2) is 8.71. The number of carbonyl (C=O) groups excluding carboxylic acids is 1. The summed E-state index contributed by atoms with van der Waals surface area (Å²) in [5.41, 5.74) is 2.13. The summed E-state index contributed by atoms with van der Waals surface area (Å²) in [6.07, 6.45) is 1.03. The summed E-state index contributed by atoms with van der Waals surface area (Å²) in [6.45, 7) is 8.93. The van der Waals surface area contributed by atoms with Gasteiger partial charge in [0.1, 0.15) is 5.58 Å². The van der Waals surface area contributed by atoms with Crippen molar-refractivity contribution in [2.75, 3.05) is 13.1 Å². The molecule has 32 heavy (non-hydrogen) atoms. The average molecular weight is 455 g/mol. The zero-order chi connectivity index (χ0) is 23.0. The van der Waals surface area contributed by atoms with E-state index < -0.39 is 10.0 Å². The smallest absolute Gasteiger partial charge is 0.287 e. The molecule has 0 saturated carbocycles. The molecule has 0 bridgehead atoms. The molecule has 7 heteroatoms. The van der Waals surface area contributed by atoms with Crippen molar-refractivity contribution in [3.8, 4) is 0 Å². The van der Waals surface area contributed by atoms with Gasteiger partial charge in [0.05, 0.1) is 10.9 Å². The van der Waals surface area contributed by atoms with Crippen LogP contribution in [0.2, 0.25) is 0 Å². The molecular weight excluding hydrogens is 424 g/mol. The zero-order valence-corrected chi connectivity index (χ0v) is 19.8. The maximum absolute atomic E-state index is 13.3. The van der Waals surface area contributed by atoms with E-state index in [0.29, 0.717) is 41.5 Å². The summed E-state index contributed by atoms with van der Waals surface area (Å²) in [6, 6.07) is 14.3. The van der Waals surface area contributed by atoms with Gasteiger partial charge in [-0.25, -0.2) is 8.42 Å². The third-order valence-corrected chi connectivity index (χ3v) is 8.06. The number of benzene rings is 2. The van der Waals surface area contributed by atoms with Gasteiger partial charge < -0.3 is 9.73 Å². The van der Waals surface area contributed by atoms with Gasteiger partial charge in [-0.15, -0.1) is 0 Å². The van der Waals surface area contributed by atoms with Crippen molar-refractivity contribution in [1.29, 1.82) is 0 Å². The van der Waals surface area contributed by atoms with Crippen LogP contribution in [0.1, 0.15) is 54.9 Å². The van der Waals surface area contributed by atoms with Gasteiger partial charge in [-0.1, -0.05) is 44.2 Å². The first-order chi connectivity index (χ1) is 15.2. The second-order valence-electron chi connectivity index (χ2n) is 9.09. The summed E-state index contributed by atoms with van der Waals surface area (Å²) in [5.74, 6) is 0.542. The van der Waals surface area contributed by atoms with Crippen molar-refractivity contribution in [3.63, 3.8) is 0 Å². The Balaban J connectivity index is 1.62. The fraction of sp³-hybridized carbons (Fsp3) is 0.400. The number of furan rings is 1. The lowest BCUT2D eigenvalue weighted by atomic mass is 9.94. The number of nitrogens with zero attached hydrogens (tertiary/aromatic N) is 1. The van der Waals surface area contributed by atoms with E-state index in [2.05, 4.69) is 19.2 Å². The van der Waals surface area contributed by atoms with Crippen LogP contribution in [0, 0.1) is 18.8 Å². The normalized spacial score (nSPS) is 20.9. The fourth-order valence-corrected chi connectivity index (χ4v) is 6.32. The van der Waals surface area contributed by atoms with Crippen molar-refractivity contribution in [1.82, 2.24) is 9.62 Å². The van der Waals surface area contributed by atoms with Crippen LogP contribution in [0.4, 0.5) is 0 Å².